The number of nitrogens with two attached hydrogens (primary N) is 1. The number of quaternary nitrogens is 1. The van der Waals surface area contributed by atoms with Gasteiger partial charge in [-0.2, -0.15) is 0 Å². The molecule has 0 unspecified atom stereocenters. The number of carbonyl (C=O) groups is 3. The molecule has 2 aliphatic rings. The van der Waals surface area contributed by atoms with Gasteiger partial charge in [-0.25, -0.2) is 9.59 Å². The minimum Gasteiger partial charge on any atom is -0.669 e. The Morgan fingerprint density at radius 3 is 2.64 bits per heavy atom. The molecular weight excluding hydrogens is 373 g/mol. The van der Waals surface area contributed by atoms with Crippen LogP contribution in [0.4, 0.5) is 0 Å². The Balaban J connectivity index is 1.69. The second-order valence-corrected chi connectivity index (χ2v) is 7.06. The van der Waals surface area contributed by atoms with E-state index in [2.05, 4.69) is 5.73 Å². The highest BCUT2D eigenvalue weighted by Crippen LogP contribution is 2.38. The monoisotopic (exact) mass is 395 g/mol. The summed E-state index contributed by atoms with van der Waals surface area (Å²) in [5.41, 5.74) is 8.95. The van der Waals surface area contributed by atoms with Crippen LogP contribution < -0.4 is 20.9 Å². The molecule has 1 fully saturated rings. The van der Waals surface area contributed by atoms with Crippen LogP contribution in [-0.4, -0.2) is 69.8 Å². The van der Waals surface area contributed by atoms with Gasteiger partial charge in [0.2, 0.25) is 5.91 Å². The van der Waals surface area contributed by atoms with Gasteiger partial charge in [-0.15, -0.1) is 0 Å². The second kappa shape index (κ2) is 7.39. The maximum atomic E-state index is 12.0. The zero-order valence-corrected chi connectivity index (χ0v) is 15.0. The van der Waals surface area contributed by atoms with Crippen LogP contribution in [0.3, 0.4) is 0 Å². The van der Waals surface area contributed by atoms with Crippen molar-refractivity contribution in [2.75, 3.05) is 13.1 Å². The zero-order chi connectivity index (χ0) is 20.6. The van der Waals surface area contributed by atoms with Crippen LogP contribution in [0.15, 0.2) is 12.1 Å². The number of hydrogen-bond donors (Lipinski definition) is 5. The number of rotatable bonds is 6. The van der Waals surface area contributed by atoms with Crippen molar-refractivity contribution in [2.45, 2.75) is 31.3 Å². The molecule has 0 aromatic heterocycles. The number of ether oxygens (including phenoxy) is 1. The third-order valence-corrected chi connectivity index (χ3v) is 4.81. The molecule has 28 heavy (non-hydrogen) atoms. The topological polar surface area (TPSA) is 187 Å². The molecule has 0 bridgehead atoms. The molecule has 11 nitrogen and oxygen atoms in total. The summed E-state index contributed by atoms with van der Waals surface area (Å²) in [5, 5.41) is 29.0. The Morgan fingerprint density at radius 2 is 2.04 bits per heavy atom. The number of fused-ring (bicyclic) bond motifs is 1. The number of nitrogens with zero attached hydrogens (tertiary/aromatic N) is 1. The summed E-state index contributed by atoms with van der Waals surface area (Å²) >= 11 is 0. The number of benzene rings is 1. The molecule has 12 heteroatoms. The first-order valence-corrected chi connectivity index (χ1v) is 8.81. The first-order chi connectivity index (χ1) is 13.1. The number of carboxylic acids is 1. The van der Waals surface area contributed by atoms with Crippen molar-refractivity contribution in [1.29, 1.82) is 0 Å². The number of likely N-dealkylation sites (tertiary alicyclic amines) is 1. The van der Waals surface area contributed by atoms with Gasteiger partial charge in [-0.1, -0.05) is 12.4 Å². The number of aromatic carboxylic acids is 1. The van der Waals surface area contributed by atoms with E-state index in [9.17, 15) is 29.5 Å². The van der Waals surface area contributed by atoms with Crippen LogP contribution in [-0.2, 0) is 16.0 Å². The molecule has 2 heterocycles. The van der Waals surface area contributed by atoms with Crippen LogP contribution in [0.2, 0.25) is 6.32 Å². The predicted molar refractivity (Wildman–Crippen MR) is 94.2 cm³/mol. The summed E-state index contributed by atoms with van der Waals surface area (Å²) in [7, 11) is 0. The van der Waals surface area contributed by atoms with Gasteiger partial charge in [-0.05, 0) is 18.1 Å². The third kappa shape index (κ3) is 4.09. The van der Waals surface area contributed by atoms with Gasteiger partial charge >= 0.3 is 18.6 Å². The first-order valence-electron chi connectivity index (χ1n) is 8.81. The van der Waals surface area contributed by atoms with E-state index in [1.807, 2.05) is 0 Å². The maximum Gasteiger partial charge on any atom is 0.430 e. The van der Waals surface area contributed by atoms with E-state index < -0.39 is 30.8 Å². The summed E-state index contributed by atoms with van der Waals surface area (Å²) in [5.74, 6) is -2.26. The van der Waals surface area contributed by atoms with Crippen LogP contribution in [0.25, 0.3) is 0 Å². The normalized spacial score (nSPS) is 19.1. The van der Waals surface area contributed by atoms with E-state index in [4.69, 9.17) is 15.1 Å². The highest BCUT2D eigenvalue weighted by atomic mass is 16.6. The fourth-order valence-corrected chi connectivity index (χ4v) is 3.16. The molecule has 2 aliphatic heterocycles. The fourth-order valence-electron chi connectivity index (χ4n) is 3.16. The van der Waals surface area contributed by atoms with Crippen LogP contribution in [0.1, 0.15) is 22.3 Å². The quantitative estimate of drug-likeness (QED) is 0.320. The summed E-state index contributed by atoms with van der Waals surface area (Å²) in [6, 6.07) is 2.15. The Kier molecular flexibility index (Phi) is 5.30. The van der Waals surface area contributed by atoms with Crippen molar-refractivity contribution in [3.05, 3.63) is 23.3 Å². The zero-order valence-electron chi connectivity index (χ0n) is 15.0. The molecule has 0 spiro atoms. The number of amides is 2. The van der Waals surface area contributed by atoms with Gasteiger partial charge in [0.15, 0.2) is 0 Å². The lowest BCUT2D eigenvalue weighted by Crippen LogP contribution is -2.66. The molecule has 3 rings (SSSR count). The van der Waals surface area contributed by atoms with Crippen molar-refractivity contribution < 1.29 is 44.7 Å². The molecule has 8 N–H and O–H groups in total. The Morgan fingerprint density at radius 1 is 1.36 bits per heavy atom. The first kappa shape index (κ1) is 20.1. The average molecular weight is 395 g/mol. The molecule has 2 amide bonds. The molecule has 0 saturated carbocycles. The van der Waals surface area contributed by atoms with Crippen LogP contribution >= 0.6 is 0 Å². The van der Waals surface area contributed by atoms with E-state index in [0.717, 1.165) is 0 Å². The lowest BCUT2D eigenvalue weighted by Gasteiger charge is -2.40. The summed E-state index contributed by atoms with van der Waals surface area (Å²) in [6.07, 6.45) is -0.364. The highest BCUT2D eigenvalue weighted by molar-refractivity contribution is 6.59. The standard InChI is InChI=1S/C16H21BN3O8/c18-10(15(19)22)5-12(21)20-6-9(7-20)27-11-2-1-8-3-4-17(25,26)28-14(8)13(11)16(23)24/h1-2,9-10,25-26H,3-7,18H2,(H2,19,22)(H,23,24)/q-1/p+1/t10-/m0/s1. The molecule has 1 atom stereocenters. The minimum absolute atomic E-state index is 0.0153. The third-order valence-electron chi connectivity index (χ3n) is 4.81. The van der Waals surface area contributed by atoms with Gasteiger partial charge in [0.25, 0.3) is 0 Å². The van der Waals surface area contributed by atoms with E-state index in [-0.39, 0.29) is 55.2 Å². The molecule has 1 saturated heterocycles. The predicted octanol–water partition coefficient (Wildman–Crippen LogP) is -2.68. The molecule has 1 aromatic rings. The van der Waals surface area contributed by atoms with Crippen LogP contribution in [0.5, 0.6) is 11.5 Å². The number of aryl methyl sites for hydroxylation is 1. The summed E-state index contributed by atoms with van der Waals surface area (Å²) < 4.78 is 10.8. The van der Waals surface area contributed by atoms with E-state index in [1.54, 1.807) is 6.07 Å². The smallest absolute Gasteiger partial charge is 0.430 e. The van der Waals surface area contributed by atoms with Crippen molar-refractivity contribution in [1.82, 2.24) is 4.90 Å². The molecular formula is C16H22BN3O8. The number of carbonyl (C=O) groups excluding carboxylic acids is 2. The van der Waals surface area contributed by atoms with E-state index >= 15 is 0 Å². The van der Waals surface area contributed by atoms with E-state index in [0.29, 0.717) is 5.56 Å². The highest BCUT2D eigenvalue weighted by Gasteiger charge is 2.36. The lowest BCUT2D eigenvalue weighted by molar-refractivity contribution is -0.307. The van der Waals surface area contributed by atoms with Crippen molar-refractivity contribution in [3.8, 4) is 11.5 Å². The molecule has 0 radical (unpaired) electrons. The molecule has 1 aromatic carbocycles. The molecule has 0 aliphatic carbocycles. The maximum absolute atomic E-state index is 12.0. The van der Waals surface area contributed by atoms with Gasteiger partial charge in [0.05, 0.1) is 25.3 Å². The average Bonchev–Trinajstić information content (AvgIpc) is 2.55. The van der Waals surface area contributed by atoms with Gasteiger partial charge in [0.1, 0.15) is 23.5 Å². The van der Waals surface area contributed by atoms with E-state index in [1.165, 1.54) is 11.0 Å². The van der Waals surface area contributed by atoms with Gasteiger partial charge in [0, 0.05) is 0 Å². The lowest BCUT2D eigenvalue weighted by atomic mass is 9.70. The van der Waals surface area contributed by atoms with Crippen molar-refractivity contribution in [3.63, 3.8) is 0 Å². The Bertz CT molecular complexity index is 824. The second-order valence-electron chi connectivity index (χ2n) is 7.06. The Labute approximate surface area is 159 Å². The SMILES string of the molecule is N[C@@H](CC(=O)N1CC(Oc2ccc3c(c2C(=O)O)O[B-](O)(O)CC3)C1)C([NH3+])=O. The fraction of sp³-hybridized carbons (Fsp3) is 0.438. The summed E-state index contributed by atoms with van der Waals surface area (Å²) in [6.45, 7) is -2.70. The number of carboxylic acid groups (broad SMARTS) is 1. The van der Waals surface area contributed by atoms with Crippen LogP contribution in [0, 0.1) is 0 Å². The van der Waals surface area contributed by atoms with Gasteiger partial charge < -0.3 is 35.2 Å². The van der Waals surface area contributed by atoms with Crippen molar-refractivity contribution in [2.24, 2.45) is 5.73 Å². The van der Waals surface area contributed by atoms with Gasteiger partial charge in [-0.3, -0.25) is 10.5 Å². The largest absolute Gasteiger partial charge is 0.669 e. The number of hydrogen-bond acceptors (Lipinski definition) is 8. The molecule has 152 valence electrons. The Hall–Kier alpha value is -2.67. The van der Waals surface area contributed by atoms with Crippen molar-refractivity contribution >= 4 is 24.5 Å². The minimum atomic E-state index is -3.12. The summed E-state index contributed by atoms with van der Waals surface area (Å²) in [4.78, 5) is 36.2.